The quantitative estimate of drug-likeness (QED) is 0.626. The minimum Gasteiger partial charge on any atom is -0.493 e. The molecule has 0 heterocycles. The number of hydrogen-bond acceptors (Lipinski definition) is 4. The summed E-state index contributed by atoms with van der Waals surface area (Å²) >= 11 is 11.9. The number of rotatable bonds is 6. The standard InChI is InChI=1S/C17H16Cl2N2O3/c1-23-15-8-12(7-14(19)17(15)24-2)10-20-21-16(22)9-11-3-5-13(18)6-4-11/h3-8,10H,9H2,1-2H3,(H,21,22)/b20-10+. The van der Waals surface area contributed by atoms with Gasteiger partial charge in [0.05, 0.1) is 31.9 Å². The molecule has 0 spiro atoms. The molecule has 0 saturated carbocycles. The first-order valence-electron chi connectivity index (χ1n) is 7.01. The number of halogens is 2. The van der Waals surface area contributed by atoms with Crippen LogP contribution < -0.4 is 14.9 Å². The van der Waals surface area contributed by atoms with Gasteiger partial charge in [-0.3, -0.25) is 4.79 Å². The van der Waals surface area contributed by atoms with E-state index in [4.69, 9.17) is 32.7 Å². The number of amides is 1. The fourth-order valence-electron chi connectivity index (χ4n) is 2.02. The van der Waals surface area contributed by atoms with Gasteiger partial charge in [0.25, 0.3) is 0 Å². The highest BCUT2D eigenvalue weighted by Gasteiger charge is 2.10. The van der Waals surface area contributed by atoms with Crippen LogP contribution in [0.25, 0.3) is 0 Å². The summed E-state index contributed by atoms with van der Waals surface area (Å²) in [6.45, 7) is 0. The summed E-state index contributed by atoms with van der Waals surface area (Å²) in [5, 5.41) is 4.94. The van der Waals surface area contributed by atoms with Crippen LogP contribution in [0, 0.1) is 0 Å². The lowest BCUT2D eigenvalue weighted by Gasteiger charge is -2.09. The molecular formula is C17H16Cl2N2O3. The van der Waals surface area contributed by atoms with Crippen molar-refractivity contribution in [1.82, 2.24) is 5.43 Å². The summed E-state index contributed by atoms with van der Waals surface area (Å²) in [5.41, 5.74) is 3.98. The maximum Gasteiger partial charge on any atom is 0.244 e. The van der Waals surface area contributed by atoms with Crippen molar-refractivity contribution in [1.29, 1.82) is 0 Å². The number of methoxy groups -OCH3 is 2. The monoisotopic (exact) mass is 366 g/mol. The van der Waals surface area contributed by atoms with Gasteiger partial charge in [-0.15, -0.1) is 0 Å². The Morgan fingerprint density at radius 2 is 1.88 bits per heavy atom. The number of carbonyl (C=O) groups excluding carboxylic acids is 1. The van der Waals surface area contributed by atoms with E-state index in [1.54, 1.807) is 36.4 Å². The van der Waals surface area contributed by atoms with Crippen LogP contribution in [0.15, 0.2) is 41.5 Å². The first-order valence-corrected chi connectivity index (χ1v) is 7.77. The second kappa shape index (κ2) is 8.57. The van der Waals surface area contributed by atoms with Crippen molar-refractivity contribution >= 4 is 35.3 Å². The van der Waals surface area contributed by atoms with Crippen LogP contribution >= 0.6 is 23.2 Å². The van der Waals surface area contributed by atoms with Crippen molar-refractivity contribution in [2.75, 3.05) is 14.2 Å². The summed E-state index contributed by atoms with van der Waals surface area (Å²) < 4.78 is 10.4. The van der Waals surface area contributed by atoms with Crippen LogP contribution in [0.3, 0.4) is 0 Å². The van der Waals surface area contributed by atoms with E-state index in [2.05, 4.69) is 10.5 Å². The number of hydrazone groups is 1. The molecule has 7 heteroatoms. The summed E-state index contributed by atoms with van der Waals surface area (Å²) in [4.78, 5) is 11.8. The Labute approximate surface area is 150 Å². The van der Waals surface area contributed by atoms with Gasteiger partial charge in [-0.05, 0) is 35.4 Å². The van der Waals surface area contributed by atoms with Crippen molar-refractivity contribution in [3.63, 3.8) is 0 Å². The molecule has 0 aliphatic heterocycles. The molecule has 0 atom stereocenters. The molecule has 0 fully saturated rings. The molecule has 0 bridgehead atoms. The van der Waals surface area contributed by atoms with E-state index in [1.165, 1.54) is 20.4 Å². The number of ether oxygens (including phenoxy) is 2. The van der Waals surface area contributed by atoms with Crippen LogP contribution in [0.2, 0.25) is 10.0 Å². The fourth-order valence-corrected chi connectivity index (χ4v) is 2.44. The Balaban J connectivity index is 1.99. The van der Waals surface area contributed by atoms with E-state index < -0.39 is 0 Å². The Morgan fingerprint density at radius 1 is 1.17 bits per heavy atom. The summed E-state index contributed by atoms with van der Waals surface area (Å²) in [7, 11) is 3.03. The maximum atomic E-state index is 11.8. The number of nitrogens with one attached hydrogen (secondary N) is 1. The van der Waals surface area contributed by atoms with E-state index in [1.807, 2.05) is 0 Å². The molecular weight excluding hydrogens is 351 g/mol. The molecule has 5 nitrogen and oxygen atoms in total. The van der Waals surface area contributed by atoms with Crippen LogP contribution in [-0.4, -0.2) is 26.3 Å². The fraction of sp³-hybridized carbons (Fsp3) is 0.176. The number of nitrogens with zero attached hydrogens (tertiary/aromatic N) is 1. The average Bonchev–Trinajstić information content (AvgIpc) is 2.56. The van der Waals surface area contributed by atoms with E-state index in [-0.39, 0.29) is 12.3 Å². The van der Waals surface area contributed by atoms with E-state index in [0.29, 0.717) is 27.1 Å². The maximum absolute atomic E-state index is 11.8. The Kier molecular flexibility index (Phi) is 6.46. The van der Waals surface area contributed by atoms with Gasteiger partial charge in [0.1, 0.15) is 0 Å². The largest absolute Gasteiger partial charge is 0.493 e. The van der Waals surface area contributed by atoms with E-state index >= 15 is 0 Å². The molecule has 1 amide bonds. The predicted octanol–water partition coefficient (Wildman–Crippen LogP) is 3.70. The molecule has 2 aromatic carbocycles. The summed E-state index contributed by atoms with van der Waals surface area (Å²) in [6, 6.07) is 10.4. The smallest absolute Gasteiger partial charge is 0.244 e. The molecule has 0 aliphatic carbocycles. The molecule has 2 aromatic rings. The van der Waals surface area contributed by atoms with Crippen molar-refractivity contribution in [2.24, 2.45) is 5.10 Å². The third kappa shape index (κ3) is 4.88. The van der Waals surface area contributed by atoms with Crippen LogP contribution in [-0.2, 0) is 11.2 Å². The average molecular weight is 367 g/mol. The summed E-state index contributed by atoms with van der Waals surface area (Å²) in [6.07, 6.45) is 1.69. The van der Waals surface area contributed by atoms with Crippen LogP contribution in [0.5, 0.6) is 11.5 Å². The molecule has 1 N–H and O–H groups in total. The van der Waals surface area contributed by atoms with E-state index in [0.717, 1.165) is 5.56 Å². The lowest BCUT2D eigenvalue weighted by Crippen LogP contribution is -2.19. The van der Waals surface area contributed by atoms with Crippen molar-refractivity contribution in [3.8, 4) is 11.5 Å². The van der Waals surface area contributed by atoms with Gasteiger partial charge in [-0.1, -0.05) is 35.3 Å². The second-order valence-electron chi connectivity index (χ2n) is 4.83. The van der Waals surface area contributed by atoms with Gasteiger partial charge in [0.2, 0.25) is 5.91 Å². The zero-order chi connectivity index (χ0) is 17.5. The van der Waals surface area contributed by atoms with Gasteiger partial charge in [-0.25, -0.2) is 5.43 Å². The highest BCUT2D eigenvalue weighted by Crippen LogP contribution is 2.35. The third-order valence-electron chi connectivity index (χ3n) is 3.14. The lowest BCUT2D eigenvalue weighted by molar-refractivity contribution is -0.120. The molecule has 0 radical (unpaired) electrons. The Bertz CT molecular complexity index is 746. The van der Waals surface area contributed by atoms with Gasteiger partial charge < -0.3 is 9.47 Å². The zero-order valence-corrected chi connectivity index (χ0v) is 14.7. The van der Waals surface area contributed by atoms with Gasteiger partial charge in [0.15, 0.2) is 11.5 Å². The summed E-state index contributed by atoms with van der Waals surface area (Å²) in [5.74, 6) is 0.696. The Hall–Kier alpha value is -2.24. The molecule has 0 aromatic heterocycles. The SMILES string of the molecule is COc1cc(/C=N/NC(=O)Cc2ccc(Cl)cc2)cc(Cl)c1OC. The normalized spacial score (nSPS) is 10.7. The first kappa shape index (κ1) is 18.1. The molecule has 0 saturated heterocycles. The third-order valence-corrected chi connectivity index (χ3v) is 3.67. The van der Waals surface area contributed by atoms with Gasteiger partial charge in [0, 0.05) is 5.02 Å². The molecule has 2 rings (SSSR count). The Morgan fingerprint density at radius 3 is 2.50 bits per heavy atom. The topological polar surface area (TPSA) is 59.9 Å². The van der Waals surface area contributed by atoms with Crippen LogP contribution in [0.4, 0.5) is 0 Å². The minimum absolute atomic E-state index is 0.210. The van der Waals surface area contributed by atoms with Crippen molar-refractivity contribution < 1.29 is 14.3 Å². The van der Waals surface area contributed by atoms with Gasteiger partial charge in [-0.2, -0.15) is 5.10 Å². The molecule has 126 valence electrons. The van der Waals surface area contributed by atoms with Crippen molar-refractivity contribution in [3.05, 3.63) is 57.6 Å². The van der Waals surface area contributed by atoms with E-state index in [9.17, 15) is 4.79 Å². The molecule has 0 aliphatic rings. The second-order valence-corrected chi connectivity index (χ2v) is 5.68. The van der Waals surface area contributed by atoms with Crippen molar-refractivity contribution in [2.45, 2.75) is 6.42 Å². The molecule has 0 unspecified atom stereocenters. The minimum atomic E-state index is -0.236. The molecule has 24 heavy (non-hydrogen) atoms. The number of carbonyl (C=O) groups is 1. The highest BCUT2D eigenvalue weighted by molar-refractivity contribution is 6.32. The van der Waals surface area contributed by atoms with Crippen LogP contribution in [0.1, 0.15) is 11.1 Å². The highest BCUT2D eigenvalue weighted by atomic mass is 35.5. The number of hydrogen-bond donors (Lipinski definition) is 1. The number of benzene rings is 2. The first-order chi connectivity index (χ1) is 11.5. The zero-order valence-electron chi connectivity index (χ0n) is 13.2. The van der Waals surface area contributed by atoms with Gasteiger partial charge >= 0.3 is 0 Å². The lowest BCUT2D eigenvalue weighted by atomic mass is 10.1. The predicted molar refractivity (Wildman–Crippen MR) is 95.4 cm³/mol.